The van der Waals surface area contributed by atoms with Crippen LogP contribution in [0, 0.1) is 0 Å². The molecule has 2 rings (SSSR count). The van der Waals surface area contributed by atoms with E-state index in [0.717, 1.165) is 0 Å². The van der Waals surface area contributed by atoms with Crippen molar-refractivity contribution in [2.24, 2.45) is 0 Å². The van der Waals surface area contributed by atoms with Gasteiger partial charge in [0.2, 0.25) is 0 Å². The standard InChI is InChI=1S/C11H18N4O3/c1-10(2,3)18-9(16)14-6-11(17,7-14)8-15-5-4-12-13-15/h4-5,17H,6-8H2,1-3H3. The largest absolute Gasteiger partial charge is 0.444 e. The van der Waals surface area contributed by atoms with E-state index in [1.807, 2.05) is 20.8 Å². The predicted molar refractivity (Wildman–Crippen MR) is 62.8 cm³/mol. The normalized spacial score (nSPS) is 18.3. The molecule has 1 N–H and O–H groups in total. The van der Waals surface area contributed by atoms with Gasteiger partial charge in [0, 0.05) is 6.20 Å². The highest BCUT2D eigenvalue weighted by atomic mass is 16.6. The van der Waals surface area contributed by atoms with E-state index in [9.17, 15) is 9.90 Å². The summed E-state index contributed by atoms with van der Waals surface area (Å²) in [4.78, 5) is 13.2. The number of amides is 1. The van der Waals surface area contributed by atoms with Gasteiger partial charge in [0.15, 0.2) is 0 Å². The minimum Gasteiger partial charge on any atom is -0.444 e. The molecule has 1 amide bonds. The highest BCUT2D eigenvalue weighted by molar-refractivity contribution is 5.69. The highest BCUT2D eigenvalue weighted by Gasteiger charge is 2.45. The lowest BCUT2D eigenvalue weighted by Gasteiger charge is -2.46. The van der Waals surface area contributed by atoms with Crippen LogP contribution < -0.4 is 0 Å². The highest BCUT2D eigenvalue weighted by Crippen LogP contribution is 2.24. The number of aliphatic hydroxyl groups is 1. The maximum atomic E-state index is 11.7. The van der Waals surface area contributed by atoms with E-state index in [4.69, 9.17) is 4.74 Å². The molecule has 1 aliphatic heterocycles. The molecule has 0 spiro atoms. The van der Waals surface area contributed by atoms with Crippen LogP contribution in [0.5, 0.6) is 0 Å². The van der Waals surface area contributed by atoms with Crippen molar-refractivity contribution < 1.29 is 14.6 Å². The van der Waals surface area contributed by atoms with Gasteiger partial charge < -0.3 is 14.7 Å². The quantitative estimate of drug-likeness (QED) is 0.818. The van der Waals surface area contributed by atoms with Crippen LogP contribution in [0.25, 0.3) is 0 Å². The zero-order valence-electron chi connectivity index (χ0n) is 10.8. The first-order chi connectivity index (χ1) is 8.27. The van der Waals surface area contributed by atoms with Crippen LogP contribution in [-0.2, 0) is 11.3 Å². The molecule has 0 unspecified atom stereocenters. The first-order valence-corrected chi connectivity index (χ1v) is 5.82. The summed E-state index contributed by atoms with van der Waals surface area (Å²) in [6, 6.07) is 0. The molecule has 0 radical (unpaired) electrons. The molecule has 0 aliphatic carbocycles. The van der Waals surface area contributed by atoms with Gasteiger partial charge in [-0.25, -0.2) is 9.48 Å². The number of hydrogen-bond donors (Lipinski definition) is 1. The Labute approximate surface area is 105 Å². The first-order valence-electron chi connectivity index (χ1n) is 5.82. The molecule has 1 fully saturated rings. The van der Waals surface area contributed by atoms with Gasteiger partial charge in [-0.05, 0) is 20.8 Å². The number of carbonyl (C=O) groups is 1. The Morgan fingerprint density at radius 3 is 2.67 bits per heavy atom. The van der Waals surface area contributed by atoms with Gasteiger partial charge in [-0.1, -0.05) is 5.21 Å². The number of likely N-dealkylation sites (tertiary alicyclic amines) is 1. The van der Waals surface area contributed by atoms with Gasteiger partial charge in [0.1, 0.15) is 11.2 Å². The topological polar surface area (TPSA) is 80.5 Å². The second kappa shape index (κ2) is 4.24. The fourth-order valence-corrected chi connectivity index (χ4v) is 1.84. The van der Waals surface area contributed by atoms with Gasteiger partial charge in [0.25, 0.3) is 0 Å². The van der Waals surface area contributed by atoms with E-state index in [0.29, 0.717) is 6.54 Å². The van der Waals surface area contributed by atoms with Gasteiger partial charge >= 0.3 is 6.09 Å². The molecule has 1 aromatic heterocycles. The first kappa shape index (κ1) is 12.8. The van der Waals surface area contributed by atoms with Gasteiger partial charge in [0.05, 0.1) is 25.8 Å². The maximum absolute atomic E-state index is 11.7. The van der Waals surface area contributed by atoms with Crippen LogP contribution >= 0.6 is 0 Å². The summed E-state index contributed by atoms with van der Waals surface area (Å²) in [5.74, 6) is 0. The van der Waals surface area contributed by atoms with Crippen molar-refractivity contribution in [1.29, 1.82) is 0 Å². The molecule has 0 saturated carbocycles. The molecular weight excluding hydrogens is 236 g/mol. The summed E-state index contributed by atoms with van der Waals surface area (Å²) in [6.45, 7) is 6.26. The van der Waals surface area contributed by atoms with Crippen molar-refractivity contribution in [2.75, 3.05) is 13.1 Å². The fraction of sp³-hybridized carbons (Fsp3) is 0.727. The molecule has 0 bridgehead atoms. The molecule has 100 valence electrons. The van der Waals surface area contributed by atoms with Crippen molar-refractivity contribution in [2.45, 2.75) is 38.5 Å². The van der Waals surface area contributed by atoms with Gasteiger partial charge in [-0.15, -0.1) is 5.10 Å². The number of hydrogen-bond acceptors (Lipinski definition) is 5. The smallest absolute Gasteiger partial charge is 0.410 e. The minimum absolute atomic E-state index is 0.252. The number of aromatic nitrogens is 3. The Balaban J connectivity index is 1.84. The van der Waals surface area contributed by atoms with E-state index in [1.165, 1.54) is 4.90 Å². The molecule has 2 heterocycles. The molecule has 18 heavy (non-hydrogen) atoms. The van der Waals surface area contributed by atoms with Crippen molar-refractivity contribution in [3.63, 3.8) is 0 Å². The average Bonchev–Trinajstić information content (AvgIpc) is 2.63. The van der Waals surface area contributed by atoms with Crippen molar-refractivity contribution in [1.82, 2.24) is 19.9 Å². The third-order valence-corrected chi connectivity index (χ3v) is 2.55. The molecule has 1 aliphatic rings. The monoisotopic (exact) mass is 254 g/mol. The maximum Gasteiger partial charge on any atom is 0.410 e. The Morgan fingerprint density at radius 2 is 2.17 bits per heavy atom. The lowest BCUT2D eigenvalue weighted by atomic mass is 9.95. The van der Waals surface area contributed by atoms with E-state index >= 15 is 0 Å². The van der Waals surface area contributed by atoms with E-state index in [1.54, 1.807) is 17.1 Å². The number of carbonyl (C=O) groups excluding carboxylic acids is 1. The SMILES string of the molecule is CC(C)(C)OC(=O)N1CC(O)(Cn2ccnn2)C1. The second-order valence-corrected chi connectivity index (χ2v) is 5.66. The predicted octanol–water partition coefficient (Wildman–Crippen LogP) is 0.260. The van der Waals surface area contributed by atoms with Crippen LogP contribution in [-0.4, -0.2) is 55.4 Å². The van der Waals surface area contributed by atoms with Crippen LogP contribution in [0.1, 0.15) is 20.8 Å². The molecule has 0 aromatic carbocycles. The number of ether oxygens (including phenoxy) is 1. The molecule has 1 saturated heterocycles. The van der Waals surface area contributed by atoms with Crippen molar-refractivity contribution in [3.05, 3.63) is 12.4 Å². The molecular formula is C11H18N4O3. The van der Waals surface area contributed by atoms with Crippen molar-refractivity contribution in [3.8, 4) is 0 Å². The zero-order chi connectivity index (χ0) is 13.4. The average molecular weight is 254 g/mol. The third kappa shape index (κ3) is 2.98. The van der Waals surface area contributed by atoms with Crippen LogP contribution in [0.15, 0.2) is 12.4 Å². The minimum atomic E-state index is -0.940. The van der Waals surface area contributed by atoms with Crippen molar-refractivity contribution >= 4 is 6.09 Å². The summed E-state index contributed by atoms with van der Waals surface area (Å²) in [6.07, 6.45) is 2.83. The Kier molecular flexibility index (Phi) is 3.02. The number of β-amino-alcohol motifs (C(OH)–C–C–N with tert-alkyl or cyclic N) is 1. The lowest BCUT2D eigenvalue weighted by Crippen LogP contribution is -2.65. The molecule has 0 atom stereocenters. The molecule has 7 nitrogen and oxygen atoms in total. The molecule has 1 aromatic rings. The third-order valence-electron chi connectivity index (χ3n) is 2.55. The Morgan fingerprint density at radius 1 is 1.50 bits per heavy atom. The van der Waals surface area contributed by atoms with Gasteiger partial charge in [-0.2, -0.15) is 0 Å². The van der Waals surface area contributed by atoms with Crippen LogP contribution in [0.2, 0.25) is 0 Å². The number of rotatable bonds is 2. The Hall–Kier alpha value is -1.63. The molecule has 7 heteroatoms. The lowest BCUT2D eigenvalue weighted by molar-refractivity contribution is -0.108. The van der Waals surface area contributed by atoms with E-state index < -0.39 is 17.3 Å². The van der Waals surface area contributed by atoms with E-state index in [-0.39, 0.29) is 13.1 Å². The summed E-state index contributed by atoms with van der Waals surface area (Å²) in [5.41, 5.74) is -1.46. The zero-order valence-corrected chi connectivity index (χ0v) is 10.8. The number of nitrogens with zero attached hydrogens (tertiary/aromatic N) is 4. The summed E-state index contributed by atoms with van der Waals surface area (Å²) >= 11 is 0. The second-order valence-electron chi connectivity index (χ2n) is 5.66. The van der Waals surface area contributed by atoms with Gasteiger partial charge in [-0.3, -0.25) is 0 Å². The fourth-order valence-electron chi connectivity index (χ4n) is 1.84. The van der Waals surface area contributed by atoms with Crippen LogP contribution in [0.3, 0.4) is 0 Å². The van der Waals surface area contributed by atoms with E-state index in [2.05, 4.69) is 10.3 Å². The summed E-state index contributed by atoms with van der Waals surface area (Å²) in [7, 11) is 0. The van der Waals surface area contributed by atoms with Crippen LogP contribution in [0.4, 0.5) is 4.79 Å². The Bertz CT molecular complexity index is 418. The summed E-state index contributed by atoms with van der Waals surface area (Å²) < 4.78 is 6.76. The summed E-state index contributed by atoms with van der Waals surface area (Å²) in [5, 5.41) is 17.6.